The summed E-state index contributed by atoms with van der Waals surface area (Å²) in [4.78, 5) is 0. The van der Waals surface area contributed by atoms with Gasteiger partial charge in [0.05, 0.1) is 0 Å². The van der Waals surface area contributed by atoms with Gasteiger partial charge in [-0.3, -0.25) is 0 Å². The minimum Gasteiger partial charge on any atom is -1.00 e. The van der Waals surface area contributed by atoms with Crippen LogP contribution in [0.1, 0.15) is 178 Å². The first kappa shape index (κ1) is 53.0. The molecule has 3 aromatic carbocycles. The second-order valence-electron chi connectivity index (χ2n) is 22.7. The summed E-state index contributed by atoms with van der Waals surface area (Å²) in [6.45, 7) is 48.1. The van der Waals surface area contributed by atoms with Crippen LogP contribution in [-0.4, -0.2) is 8.07 Å². The monoisotopic (exact) mass is 868 g/mol. The predicted molar refractivity (Wildman–Crippen MR) is 236 cm³/mol. The first-order valence-corrected chi connectivity index (χ1v) is 23.2. The van der Waals surface area contributed by atoms with Gasteiger partial charge < -0.3 is 37.2 Å². The summed E-state index contributed by atoms with van der Waals surface area (Å²) in [6, 6.07) is 23.6. The van der Waals surface area contributed by atoms with E-state index in [0.717, 1.165) is 6.42 Å². The Labute approximate surface area is 377 Å². The molecule has 0 spiro atoms. The van der Waals surface area contributed by atoms with Crippen LogP contribution in [0.2, 0.25) is 3.34 Å². The minimum absolute atomic E-state index is 0. The molecule has 0 fully saturated rings. The van der Waals surface area contributed by atoms with Crippen LogP contribution in [0.3, 0.4) is 0 Å². The number of benzene rings is 3. The van der Waals surface area contributed by atoms with Crippen molar-refractivity contribution < 1.29 is 57.7 Å². The Morgan fingerprint density at radius 3 is 0.893 bits per heavy atom. The molecule has 0 aliphatic heterocycles. The molecule has 0 heterocycles. The zero-order chi connectivity index (χ0) is 40.5. The molecule has 308 valence electrons. The quantitative estimate of drug-likeness (QED) is 0.262. The van der Waals surface area contributed by atoms with E-state index in [9.17, 15) is 0 Å². The zero-order valence-corrected chi connectivity index (χ0v) is 43.7. The third-order valence-corrected chi connectivity index (χ3v) is 19.7. The fourth-order valence-electron chi connectivity index (χ4n) is 7.95. The van der Waals surface area contributed by atoms with Crippen LogP contribution in [-0.2, 0) is 52.9 Å². The van der Waals surface area contributed by atoms with E-state index >= 15 is 0 Å². The molecule has 2 unspecified atom stereocenters. The van der Waals surface area contributed by atoms with Gasteiger partial charge >= 0.3 is 342 Å². The molecule has 1 aliphatic carbocycles. The van der Waals surface area contributed by atoms with E-state index in [0.29, 0.717) is 5.92 Å². The molecule has 0 radical (unpaired) electrons. The topological polar surface area (TPSA) is 0 Å². The van der Waals surface area contributed by atoms with Crippen molar-refractivity contribution in [1.82, 2.24) is 0 Å². The fraction of sp³-hybridized carbons (Fsp3) is 0.569. The van der Waals surface area contributed by atoms with E-state index in [1.807, 2.05) is 0 Å². The van der Waals surface area contributed by atoms with E-state index < -0.39 is 8.07 Å². The third-order valence-electron chi connectivity index (χ3n) is 12.1. The van der Waals surface area contributed by atoms with Crippen molar-refractivity contribution in [3.05, 3.63) is 112 Å². The Kier molecular flexibility index (Phi) is 16.6. The van der Waals surface area contributed by atoms with Crippen molar-refractivity contribution in [3.8, 4) is 0 Å². The van der Waals surface area contributed by atoms with Crippen molar-refractivity contribution >= 4 is 23.6 Å². The van der Waals surface area contributed by atoms with Crippen LogP contribution in [0.25, 0.3) is 0 Å². The predicted octanol–water partition coefficient (Wildman–Crippen LogP) is 3.74. The van der Waals surface area contributed by atoms with Crippen LogP contribution < -0.4 is 52.8 Å². The number of halogens is 3. The van der Waals surface area contributed by atoms with Gasteiger partial charge in [0.15, 0.2) is 0 Å². The van der Waals surface area contributed by atoms with Crippen molar-refractivity contribution in [2.24, 2.45) is 5.92 Å². The van der Waals surface area contributed by atoms with Gasteiger partial charge in [-0.25, -0.2) is 0 Å². The third kappa shape index (κ3) is 10.4. The van der Waals surface area contributed by atoms with Crippen LogP contribution in [0, 0.1) is 5.92 Å². The zero-order valence-electron chi connectivity index (χ0n) is 38.8. The fourth-order valence-corrected chi connectivity index (χ4v) is 16.4. The molecule has 0 amide bonds. The largest absolute Gasteiger partial charge is 1.00 e. The molecule has 0 N–H and O–H groups in total. The molecule has 1 aliphatic rings. The Balaban J connectivity index is 0.00000523. The van der Waals surface area contributed by atoms with E-state index in [1.54, 1.807) is 5.57 Å². The molecule has 3 aromatic rings. The average Bonchev–Trinajstić information content (AvgIpc) is 3.40. The van der Waals surface area contributed by atoms with E-state index in [2.05, 4.69) is 232 Å². The molecule has 4 rings (SSSR count). The summed E-state index contributed by atoms with van der Waals surface area (Å²) in [5.41, 5.74) is 10.1. The van der Waals surface area contributed by atoms with Gasteiger partial charge in [0.1, 0.15) is 0 Å². The maximum atomic E-state index is 2.67. The molecule has 0 aromatic heterocycles. The second kappa shape index (κ2) is 17.5. The molecule has 5 heteroatoms. The van der Waals surface area contributed by atoms with Gasteiger partial charge in [-0.1, -0.05) is 0 Å². The summed E-state index contributed by atoms with van der Waals surface area (Å²) >= 11 is 2.64. The Hall–Kier alpha value is -1.06. The molecule has 0 saturated heterocycles. The first-order chi connectivity index (χ1) is 23.8. The maximum Gasteiger partial charge on any atom is -1.00 e. The van der Waals surface area contributed by atoms with Gasteiger partial charge in [-0.15, -0.1) is 0 Å². The van der Waals surface area contributed by atoms with Crippen LogP contribution in [0.15, 0.2) is 78.4 Å². The maximum absolute atomic E-state index is 3.07. The van der Waals surface area contributed by atoms with Crippen molar-refractivity contribution in [3.63, 3.8) is 0 Å². The summed E-state index contributed by atoms with van der Waals surface area (Å²) < 4.78 is -0.217. The van der Waals surface area contributed by atoms with Crippen LogP contribution in [0.4, 0.5) is 0 Å². The van der Waals surface area contributed by atoms with Gasteiger partial charge in [0, 0.05) is 0 Å². The van der Waals surface area contributed by atoms with Crippen molar-refractivity contribution in [1.29, 1.82) is 0 Å². The number of allylic oxidation sites excluding steroid dienone is 4. The summed E-state index contributed by atoms with van der Waals surface area (Å²) in [7, 11) is -3.07. The van der Waals surface area contributed by atoms with Crippen molar-refractivity contribution in [2.75, 3.05) is 0 Å². The molecular formula is C51H75Cl3SiTi. The molecule has 56 heavy (non-hydrogen) atoms. The smallest absolute Gasteiger partial charge is 1.00 e. The SMILES string of the molecule is CCC(C)C1=CC=C[C]1([Ti+3])[Si](c1cc(C(C)(C)C)cc(C(C)(C)C)c1)(c1cc(C(C)(C)C)cc(C(C)(C)C)c1)c1cc(C(C)(C)C)cc(C(C)(C)C)c1.[Cl-].[Cl-].[Cl-]. The molecule has 2 atom stereocenters. The van der Waals surface area contributed by atoms with E-state index in [4.69, 9.17) is 0 Å². The van der Waals surface area contributed by atoms with Crippen LogP contribution in [0.5, 0.6) is 0 Å². The number of rotatable bonds is 6. The van der Waals surface area contributed by atoms with Crippen LogP contribution >= 0.6 is 0 Å². The summed E-state index contributed by atoms with van der Waals surface area (Å²) in [5.74, 6) is 0.454. The van der Waals surface area contributed by atoms with Gasteiger partial charge in [0.2, 0.25) is 0 Å². The Morgan fingerprint density at radius 1 is 0.464 bits per heavy atom. The minimum atomic E-state index is -3.07. The second-order valence-corrected chi connectivity index (χ2v) is 28.8. The molecule has 0 bridgehead atoms. The Bertz CT molecular complexity index is 1610. The Morgan fingerprint density at radius 2 is 0.696 bits per heavy atom. The summed E-state index contributed by atoms with van der Waals surface area (Å²) in [5, 5.41) is 4.61. The molecule has 0 saturated carbocycles. The molecular weight excluding hydrogens is 795 g/mol. The van der Waals surface area contributed by atoms with E-state index in [-0.39, 0.29) is 73.1 Å². The normalized spacial score (nSPS) is 17.4. The molecule has 0 nitrogen and oxygen atoms in total. The summed E-state index contributed by atoms with van der Waals surface area (Å²) in [6.07, 6.45) is 8.68. The first-order valence-electron chi connectivity index (χ1n) is 20.4. The number of hydrogen-bond acceptors (Lipinski definition) is 0. The van der Waals surface area contributed by atoms with Gasteiger partial charge in [-0.05, 0) is 0 Å². The number of hydrogen-bond donors (Lipinski definition) is 0. The standard InChI is InChI=1S/C51H75Si.3ClH.Ti/c1-21-34(2)44-23-22-24-45(44)52(41-28-35(46(3,4)5)25-36(29-41)47(6,7)8,42-30-37(48(9,10)11)26-38(31-42)49(12,13)14)43-32-39(50(15,16)17)27-40(33-43)51(18,19)20;;;;/h22-34H,21H2,1-20H3;3*1H;/q;;;;+3/p-3. The van der Waals surface area contributed by atoms with Gasteiger partial charge in [0.25, 0.3) is 0 Å². The van der Waals surface area contributed by atoms with Gasteiger partial charge in [-0.2, -0.15) is 0 Å². The van der Waals surface area contributed by atoms with Crippen molar-refractivity contribution in [2.45, 2.75) is 181 Å². The average molecular weight is 870 g/mol. The van der Waals surface area contributed by atoms with E-state index in [1.165, 1.54) is 48.9 Å².